The zero-order valence-electron chi connectivity index (χ0n) is 16.6. The molecule has 0 amide bonds. The van der Waals surface area contributed by atoms with Crippen LogP contribution >= 0.6 is 24.0 Å². The number of aliphatic hydroxyl groups is 1. The Balaban J connectivity index is 0.00000312. The SMILES string of the molecule is CCNC(=NCC(C)(C)N1CCCC(C)C1)NC1CCC(O)CC1.I. The predicted octanol–water partition coefficient (Wildman–Crippen LogP) is 2.97. The van der Waals surface area contributed by atoms with Crippen molar-refractivity contribution in [1.29, 1.82) is 0 Å². The van der Waals surface area contributed by atoms with Crippen LogP contribution in [0.15, 0.2) is 4.99 Å². The van der Waals surface area contributed by atoms with E-state index >= 15 is 0 Å². The molecule has 3 N–H and O–H groups in total. The number of hydrogen-bond donors (Lipinski definition) is 3. The van der Waals surface area contributed by atoms with Gasteiger partial charge in [-0.1, -0.05) is 6.92 Å². The summed E-state index contributed by atoms with van der Waals surface area (Å²) in [6, 6.07) is 0.435. The fraction of sp³-hybridized carbons (Fsp3) is 0.947. The van der Waals surface area contributed by atoms with Crippen LogP contribution in [-0.2, 0) is 0 Å². The maximum atomic E-state index is 9.66. The van der Waals surface area contributed by atoms with E-state index in [1.165, 1.54) is 25.9 Å². The number of nitrogens with one attached hydrogen (secondary N) is 2. The molecule has 0 bridgehead atoms. The summed E-state index contributed by atoms with van der Waals surface area (Å²) < 4.78 is 0. The van der Waals surface area contributed by atoms with Gasteiger partial charge in [0, 0.05) is 24.7 Å². The Morgan fingerprint density at radius 1 is 1.20 bits per heavy atom. The fourth-order valence-electron chi connectivity index (χ4n) is 3.85. The predicted molar refractivity (Wildman–Crippen MR) is 117 cm³/mol. The molecule has 0 aromatic carbocycles. The summed E-state index contributed by atoms with van der Waals surface area (Å²) in [5, 5.41) is 16.6. The Kier molecular flexibility index (Phi) is 10.0. The quantitative estimate of drug-likeness (QED) is 0.331. The van der Waals surface area contributed by atoms with Crippen molar-refractivity contribution >= 4 is 29.9 Å². The van der Waals surface area contributed by atoms with Crippen molar-refractivity contribution in [3.05, 3.63) is 0 Å². The van der Waals surface area contributed by atoms with Gasteiger partial charge in [0.05, 0.1) is 12.6 Å². The molecule has 2 aliphatic rings. The van der Waals surface area contributed by atoms with Gasteiger partial charge in [0.15, 0.2) is 5.96 Å². The summed E-state index contributed by atoms with van der Waals surface area (Å²) in [7, 11) is 0. The third-order valence-corrected chi connectivity index (χ3v) is 5.52. The van der Waals surface area contributed by atoms with Gasteiger partial charge in [0.2, 0.25) is 0 Å². The number of nitrogens with zero attached hydrogens (tertiary/aromatic N) is 2. The summed E-state index contributed by atoms with van der Waals surface area (Å²) in [5.41, 5.74) is 0.0970. The van der Waals surface area contributed by atoms with Crippen molar-refractivity contribution in [1.82, 2.24) is 15.5 Å². The number of rotatable bonds is 5. The molecule has 1 atom stereocenters. The second kappa shape index (κ2) is 10.9. The molecule has 25 heavy (non-hydrogen) atoms. The molecular formula is C19H39IN4O. The summed E-state index contributed by atoms with van der Waals surface area (Å²) >= 11 is 0. The largest absolute Gasteiger partial charge is 0.393 e. The second-order valence-electron chi connectivity index (χ2n) is 8.35. The summed E-state index contributed by atoms with van der Waals surface area (Å²) in [6.07, 6.45) is 6.40. The van der Waals surface area contributed by atoms with Crippen molar-refractivity contribution in [2.75, 3.05) is 26.2 Å². The molecule has 0 spiro atoms. The second-order valence-corrected chi connectivity index (χ2v) is 8.35. The van der Waals surface area contributed by atoms with Gasteiger partial charge in [0.25, 0.3) is 0 Å². The minimum Gasteiger partial charge on any atom is -0.393 e. The van der Waals surface area contributed by atoms with Crippen LogP contribution in [0.4, 0.5) is 0 Å². The van der Waals surface area contributed by atoms with E-state index in [2.05, 4.69) is 43.2 Å². The van der Waals surface area contributed by atoms with Crippen LogP contribution in [0.1, 0.15) is 66.2 Å². The average molecular weight is 466 g/mol. The maximum Gasteiger partial charge on any atom is 0.191 e. The minimum absolute atomic E-state index is 0. The molecular weight excluding hydrogens is 427 g/mol. The van der Waals surface area contributed by atoms with Crippen molar-refractivity contribution in [3.8, 4) is 0 Å². The van der Waals surface area contributed by atoms with E-state index in [4.69, 9.17) is 4.99 Å². The third-order valence-electron chi connectivity index (χ3n) is 5.52. The lowest BCUT2D eigenvalue weighted by Gasteiger charge is -2.42. The number of aliphatic imine (C=N–C) groups is 1. The average Bonchev–Trinajstić information content (AvgIpc) is 2.55. The monoisotopic (exact) mass is 466 g/mol. The first-order valence-electron chi connectivity index (χ1n) is 9.88. The van der Waals surface area contributed by atoms with Gasteiger partial charge in [-0.25, -0.2) is 0 Å². The van der Waals surface area contributed by atoms with E-state index in [-0.39, 0.29) is 35.6 Å². The Hall–Kier alpha value is -0.0800. The molecule has 2 fully saturated rings. The molecule has 6 heteroatoms. The number of likely N-dealkylation sites (tertiary alicyclic amines) is 1. The normalized spacial score (nSPS) is 29.0. The van der Waals surface area contributed by atoms with Crippen LogP contribution in [0.2, 0.25) is 0 Å². The molecule has 1 aliphatic heterocycles. The van der Waals surface area contributed by atoms with E-state index in [9.17, 15) is 5.11 Å². The van der Waals surface area contributed by atoms with Crippen LogP contribution in [-0.4, -0.2) is 59.8 Å². The minimum atomic E-state index is -0.109. The van der Waals surface area contributed by atoms with E-state index in [0.717, 1.165) is 50.7 Å². The standard InChI is InChI=1S/C19H38N4O.HI/c1-5-20-18(22-16-8-10-17(24)11-9-16)21-14-19(3,4)23-12-6-7-15(2)13-23;/h15-17,24H,5-14H2,1-4H3,(H2,20,21,22);1H. The molecule has 0 aromatic heterocycles. The molecule has 2 rings (SSSR count). The molecule has 0 radical (unpaired) electrons. The Labute approximate surface area is 171 Å². The zero-order valence-corrected chi connectivity index (χ0v) is 18.9. The van der Waals surface area contributed by atoms with Gasteiger partial charge in [-0.15, -0.1) is 24.0 Å². The maximum absolute atomic E-state index is 9.66. The van der Waals surface area contributed by atoms with Crippen molar-refractivity contribution < 1.29 is 5.11 Å². The Bertz CT molecular complexity index is 408. The number of halogens is 1. The van der Waals surface area contributed by atoms with E-state index < -0.39 is 0 Å². The van der Waals surface area contributed by atoms with Crippen LogP contribution in [0.25, 0.3) is 0 Å². The lowest BCUT2D eigenvalue weighted by molar-refractivity contribution is 0.0774. The molecule has 1 unspecified atom stereocenters. The van der Waals surface area contributed by atoms with Gasteiger partial charge in [0.1, 0.15) is 0 Å². The highest BCUT2D eigenvalue weighted by Crippen LogP contribution is 2.24. The first kappa shape index (κ1) is 23.0. The van der Waals surface area contributed by atoms with E-state index in [0.29, 0.717) is 6.04 Å². The molecule has 1 aliphatic carbocycles. The van der Waals surface area contributed by atoms with Crippen molar-refractivity contribution in [2.45, 2.75) is 83.9 Å². The molecule has 1 saturated carbocycles. The number of piperidine rings is 1. The van der Waals surface area contributed by atoms with Crippen LogP contribution in [0.3, 0.4) is 0 Å². The van der Waals surface area contributed by atoms with Gasteiger partial charge in [-0.2, -0.15) is 0 Å². The highest BCUT2D eigenvalue weighted by Gasteiger charge is 2.30. The molecule has 148 valence electrons. The van der Waals surface area contributed by atoms with Gasteiger partial charge < -0.3 is 15.7 Å². The topological polar surface area (TPSA) is 59.9 Å². The first-order chi connectivity index (χ1) is 11.4. The van der Waals surface area contributed by atoms with Crippen LogP contribution in [0.5, 0.6) is 0 Å². The van der Waals surface area contributed by atoms with Gasteiger partial charge in [-0.05, 0) is 71.8 Å². The third kappa shape index (κ3) is 7.59. The smallest absolute Gasteiger partial charge is 0.191 e. The van der Waals surface area contributed by atoms with Gasteiger partial charge in [-0.3, -0.25) is 9.89 Å². The lowest BCUT2D eigenvalue weighted by Crippen LogP contribution is -2.52. The highest BCUT2D eigenvalue weighted by atomic mass is 127. The molecule has 1 saturated heterocycles. The summed E-state index contributed by atoms with van der Waals surface area (Å²) in [5.74, 6) is 1.72. The van der Waals surface area contributed by atoms with Gasteiger partial charge >= 0.3 is 0 Å². The van der Waals surface area contributed by atoms with E-state index in [1.807, 2.05) is 0 Å². The first-order valence-corrected chi connectivity index (χ1v) is 9.88. The molecule has 1 heterocycles. The number of hydrogen-bond acceptors (Lipinski definition) is 3. The molecule has 5 nitrogen and oxygen atoms in total. The Morgan fingerprint density at radius 2 is 1.88 bits per heavy atom. The summed E-state index contributed by atoms with van der Waals surface area (Å²) in [4.78, 5) is 7.49. The number of aliphatic hydroxyl groups excluding tert-OH is 1. The van der Waals surface area contributed by atoms with Crippen LogP contribution < -0.4 is 10.6 Å². The van der Waals surface area contributed by atoms with Crippen molar-refractivity contribution in [3.63, 3.8) is 0 Å². The van der Waals surface area contributed by atoms with Crippen molar-refractivity contribution in [2.24, 2.45) is 10.9 Å². The summed E-state index contributed by atoms with van der Waals surface area (Å²) in [6.45, 7) is 13.2. The lowest BCUT2D eigenvalue weighted by atomic mass is 9.93. The van der Waals surface area contributed by atoms with Crippen LogP contribution in [0, 0.1) is 5.92 Å². The molecule has 0 aromatic rings. The Morgan fingerprint density at radius 3 is 2.48 bits per heavy atom. The fourth-order valence-corrected chi connectivity index (χ4v) is 3.85. The van der Waals surface area contributed by atoms with E-state index in [1.54, 1.807) is 0 Å². The number of guanidine groups is 1. The zero-order chi connectivity index (χ0) is 17.6. The highest BCUT2D eigenvalue weighted by molar-refractivity contribution is 14.0.